The van der Waals surface area contributed by atoms with Gasteiger partial charge in [0.1, 0.15) is 18.7 Å². The number of methoxy groups -OCH3 is 2. The van der Waals surface area contributed by atoms with E-state index < -0.39 is 23.9 Å². The molecule has 3 atom stereocenters. The molecule has 4 amide bonds. The second-order valence-electron chi connectivity index (χ2n) is 13.5. The van der Waals surface area contributed by atoms with Gasteiger partial charge in [0.15, 0.2) is 11.5 Å². The molecule has 0 saturated carbocycles. The predicted octanol–water partition coefficient (Wildman–Crippen LogP) is 4.91. The molecule has 13 heteroatoms. The first kappa shape index (κ1) is 38.6. The third-order valence-corrected chi connectivity index (χ3v) is 9.39. The highest BCUT2D eigenvalue weighted by molar-refractivity contribution is 6.12. The van der Waals surface area contributed by atoms with E-state index in [1.165, 1.54) is 14.2 Å². The number of benzene rings is 3. The van der Waals surface area contributed by atoms with Gasteiger partial charge in [0.25, 0.3) is 5.91 Å². The maximum atomic E-state index is 13.8. The number of ether oxygens (including phenoxy) is 3. The highest BCUT2D eigenvalue weighted by Gasteiger charge is 2.37. The molecule has 53 heavy (non-hydrogen) atoms. The average Bonchev–Trinajstić information content (AvgIpc) is 3.46. The maximum Gasteiger partial charge on any atom is 0.305 e. The number of hydrogen-bond donors (Lipinski definition) is 4. The zero-order valence-electron chi connectivity index (χ0n) is 31.0. The highest BCUT2D eigenvalue weighted by Crippen LogP contribution is 2.40. The van der Waals surface area contributed by atoms with E-state index >= 15 is 0 Å². The second-order valence-corrected chi connectivity index (χ2v) is 13.5. The summed E-state index contributed by atoms with van der Waals surface area (Å²) in [5.74, 6) is -0.774. The van der Waals surface area contributed by atoms with Crippen molar-refractivity contribution < 1.29 is 38.2 Å². The van der Waals surface area contributed by atoms with Crippen LogP contribution in [0, 0.1) is 0 Å². The molecule has 0 spiro atoms. The van der Waals surface area contributed by atoms with Crippen LogP contribution in [0.15, 0.2) is 54.6 Å². The predicted molar refractivity (Wildman–Crippen MR) is 201 cm³/mol. The summed E-state index contributed by atoms with van der Waals surface area (Å²) in [7, 11) is 2.85. The molecule has 0 bridgehead atoms. The normalized spacial score (nSPS) is 15.4. The fourth-order valence-electron chi connectivity index (χ4n) is 6.61. The Hall–Kier alpha value is -5.59. The molecular weight excluding hydrogens is 678 g/mol. The van der Waals surface area contributed by atoms with Crippen LogP contribution in [0.1, 0.15) is 79.9 Å². The largest absolute Gasteiger partial charge is 0.493 e. The summed E-state index contributed by atoms with van der Waals surface area (Å²) < 4.78 is 16.6. The van der Waals surface area contributed by atoms with Crippen LogP contribution in [0.5, 0.6) is 11.5 Å². The summed E-state index contributed by atoms with van der Waals surface area (Å²) in [6, 6.07) is 15.5. The van der Waals surface area contributed by atoms with Crippen LogP contribution in [-0.2, 0) is 43.4 Å². The van der Waals surface area contributed by atoms with E-state index in [9.17, 15) is 24.0 Å². The number of hydrogen-bond acceptors (Lipinski definition) is 9. The molecule has 13 nitrogen and oxygen atoms in total. The minimum atomic E-state index is -0.889. The number of rotatable bonds is 16. The number of esters is 1. The lowest BCUT2D eigenvalue weighted by Gasteiger charge is -2.22. The molecule has 0 aliphatic carbocycles. The van der Waals surface area contributed by atoms with Crippen molar-refractivity contribution >= 4 is 46.7 Å². The zero-order chi connectivity index (χ0) is 38.1. The van der Waals surface area contributed by atoms with Gasteiger partial charge in [-0.3, -0.25) is 24.0 Å². The number of para-hydroxylation sites is 1. The van der Waals surface area contributed by atoms with E-state index in [0.717, 1.165) is 41.6 Å². The minimum absolute atomic E-state index is 0.000693. The first-order valence-corrected chi connectivity index (χ1v) is 18.1. The van der Waals surface area contributed by atoms with Crippen LogP contribution in [0.4, 0.5) is 17.1 Å². The summed E-state index contributed by atoms with van der Waals surface area (Å²) in [6.45, 7) is 5.94. The van der Waals surface area contributed by atoms with Crippen molar-refractivity contribution in [3.8, 4) is 11.5 Å². The fraction of sp³-hybridized carbons (Fsp3) is 0.425. The topological polar surface area (TPSA) is 164 Å². The number of nitrogens with one attached hydrogen (secondary N) is 4. The van der Waals surface area contributed by atoms with Gasteiger partial charge in [-0.05, 0) is 80.5 Å². The number of anilines is 3. The molecule has 3 aromatic rings. The molecule has 4 N–H and O–H groups in total. The van der Waals surface area contributed by atoms with Gasteiger partial charge >= 0.3 is 5.97 Å². The number of amides is 4. The van der Waals surface area contributed by atoms with Crippen LogP contribution < -0.4 is 35.6 Å². The number of fused-ring (bicyclic) bond motifs is 4. The number of nitrogens with zero attached hydrogens (tertiary/aromatic N) is 1. The molecule has 5 rings (SSSR count). The molecule has 2 aliphatic heterocycles. The van der Waals surface area contributed by atoms with E-state index in [0.29, 0.717) is 47.8 Å². The van der Waals surface area contributed by atoms with Crippen LogP contribution in [0.2, 0.25) is 0 Å². The molecule has 0 fully saturated rings. The minimum Gasteiger partial charge on any atom is -0.493 e. The molecule has 282 valence electrons. The van der Waals surface area contributed by atoms with Crippen LogP contribution in [-0.4, -0.2) is 68.5 Å². The molecule has 2 heterocycles. The number of carbonyl (C=O) groups excluding carboxylic acids is 5. The monoisotopic (exact) mass is 727 g/mol. The second kappa shape index (κ2) is 17.8. The lowest BCUT2D eigenvalue weighted by Crippen LogP contribution is -2.50. The van der Waals surface area contributed by atoms with Gasteiger partial charge < -0.3 is 40.4 Å². The molecule has 0 aromatic heterocycles. The third-order valence-electron chi connectivity index (χ3n) is 9.39. The van der Waals surface area contributed by atoms with E-state index in [2.05, 4.69) is 39.0 Å². The molecule has 0 saturated heterocycles. The molecule has 2 unspecified atom stereocenters. The van der Waals surface area contributed by atoms with Gasteiger partial charge in [-0.15, -0.1) is 0 Å². The van der Waals surface area contributed by atoms with Crippen molar-refractivity contribution in [1.82, 2.24) is 10.6 Å². The zero-order valence-corrected chi connectivity index (χ0v) is 31.0. The Morgan fingerprint density at radius 2 is 1.64 bits per heavy atom. The lowest BCUT2D eigenvalue weighted by atomic mass is 10.1. The van der Waals surface area contributed by atoms with E-state index in [-0.39, 0.29) is 43.3 Å². The summed E-state index contributed by atoms with van der Waals surface area (Å²) in [4.78, 5) is 65.2. The van der Waals surface area contributed by atoms with Crippen LogP contribution in [0.25, 0.3) is 0 Å². The number of unbranched alkanes of at least 4 members (excludes halogenated alkanes) is 1. The van der Waals surface area contributed by atoms with E-state index in [1.807, 2.05) is 41.3 Å². The van der Waals surface area contributed by atoms with Crippen molar-refractivity contribution in [2.75, 3.05) is 36.3 Å². The number of carbonyl (C=O) groups is 5. The SMILES string of the molecule is CCCc1cc(COc2cc3c(cc2OC)C(=O)N2c4ccccc4C[C@H]2CN3)cc(NC(=O)C(C)NC(=O)C(C)NC(=O)CCCCC(=O)OC)c1. The lowest BCUT2D eigenvalue weighted by molar-refractivity contribution is -0.140. The summed E-state index contributed by atoms with van der Waals surface area (Å²) >= 11 is 0. The van der Waals surface area contributed by atoms with E-state index in [4.69, 9.17) is 9.47 Å². The molecule has 3 aromatic carbocycles. The molecular formula is C40H49N5O8. The first-order valence-electron chi connectivity index (χ1n) is 18.1. The van der Waals surface area contributed by atoms with Gasteiger partial charge in [0.05, 0.1) is 31.5 Å². The Bertz CT molecular complexity index is 1850. The standard InChI is InChI=1S/C40H49N5O8/c1-6-11-26-16-27(18-29(17-26)44-39(49)25(3)43-38(48)24(2)42-36(46)14-9-10-15-37(47)52-5)23-53-35-21-32-31(20-34(35)51-4)40(50)45-30(22-41-32)19-28-12-7-8-13-33(28)45/h7-8,12-13,16-18,20-21,24-25,30,41H,6,9-11,14-15,19,22-23H2,1-5H3,(H,42,46)(H,43,48)(H,44,49)/t24?,25?,30-/m0/s1. The van der Waals surface area contributed by atoms with Crippen LogP contribution in [0.3, 0.4) is 0 Å². The average molecular weight is 728 g/mol. The van der Waals surface area contributed by atoms with Crippen molar-refractivity contribution in [3.05, 3.63) is 76.9 Å². The Morgan fingerprint density at radius 3 is 2.40 bits per heavy atom. The fourth-order valence-corrected chi connectivity index (χ4v) is 6.61. The Labute approximate surface area is 310 Å². The molecule has 2 aliphatic rings. The van der Waals surface area contributed by atoms with Gasteiger partial charge in [-0.25, -0.2) is 0 Å². The summed E-state index contributed by atoms with van der Waals surface area (Å²) in [5.41, 5.74) is 5.63. The van der Waals surface area contributed by atoms with E-state index in [1.54, 1.807) is 26.0 Å². The quantitative estimate of drug-likeness (QED) is 0.119. The van der Waals surface area contributed by atoms with Gasteiger partial charge in [0, 0.05) is 36.8 Å². The first-order chi connectivity index (χ1) is 25.5. The Balaban J connectivity index is 1.20. The van der Waals surface area contributed by atoms with Crippen molar-refractivity contribution in [2.45, 2.75) is 90.4 Å². The Kier molecular flexibility index (Phi) is 12.9. The highest BCUT2D eigenvalue weighted by atomic mass is 16.5. The summed E-state index contributed by atoms with van der Waals surface area (Å²) in [6.07, 6.45) is 3.81. The smallest absolute Gasteiger partial charge is 0.305 e. The third kappa shape index (κ3) is 9.65. The van der Waals surface area contributed by atoms with Gasteiger partial charge in [0.2, 0.25) is 17.7 Å². The van der Waals surface area contributed by atoms with Crippen LogP contribution >= 0.6 is 0 Å². The Morgan fingerprint density at radius 1 is 0.906 bits per heavy atom. The van der Waals surface area contributed by atoms with Gasteiger partial charge in [-0.2, -0.15) is 0 Å². The van der Waals surface area contributed by atoms with Crippen molar-refractivity contribution in [1.29, 1.82) is 0 Å². The summed E-state index contributed by atoms with van der Waals surface area (Å²) in [5, 5.41) is 11.6. The molecule has 0 radical (unpaired) electrons. The van der Waals surface area contributed by atoms with Gasteiger partial charge in [-0.1, -0.05) is 37.6 Å². The maximum absolute atomic E-state index is 13.8. The van der Waals surface area contributed by atoms with Crippen molar-refractivity contribution in [2.24, 2.45) is 0 Å². The van der Waals surface area contributed by atoms with Crippen molar-refractivity contribution in [3.63, 3.8) is 0 Å². The number of aryl methyl sites for hydroxylation is 1.